The van der Waals surface area contributed by atoms with E-state index in [0.29, 0.717) is 15.9 Å². The van der Waals surface area contributed by atoms with Crippen LogP contribution >= 0.6 is 15.7 Å². The maximum Gasteiger partial charge on any atom is 0.324 e. The summed E-state index contributed by atoms with van der Waals surface area (Å²) in [4.78, 5) is 47.3. The van der Waals surface area contributed by atoms with E-state index in [9.17, 15) is 9.79 Å². The van der Waals surface area contributed by atoms with E-state index in [0.717, 1.165) is 19.3 Å². The van der Waals surface area contributed by atoms with E-state index in [1.165, 1.54) is 152 Å². The Morgan fingerprint density at radius 2 is 0.538 bits per heavy atom. The Labute approximate surface area is 319 Å². The molecular formula is C45H74O5P2. The first-order valence-electron chi connectivity index (χ1n) is 20.8. The second-order valence-electron chi connectivity index (χ2n) is 14.9. The van der Waals surface area contributed by atoms with E-state index in [-0.39, 0.29) is 0 Å². The molecule has 0 atom stereocenters. The molecule has 5 nitrogen and oxygen atoms in total. The van der Waals surface area contributed by atoms with Crippen LogP contribution in [0.15, 0.2) is 72.8 Å². The number of hydrogen-bond donors (Lipinski definition) is 5. The van der Waals surface area contributed by atoms with Gasteiger partial charge < -0.3 is 14.7 Å². The van der Waals surface area contributed by atoms with Crippen LogP contribution in [0, 0.1) is 0 Å². The van der Waals surface area contributed by atoms with Crippen molar-refractivity contribution in [2.45, 2.75) is 175 Å². The molecule has 0 bridgehead atoms. The molecule has 0 aromatic heterocycles. The third-order valence-corrected chi connectivity index (χ3v) is 14.3. The summed E-state index contributed by atoms with van der Waals surface area (Å²) >= 11 is 0. The van der Waals surface area contributed by atoms with Gasteiger partial charge in [0.2, 0.25) is 0 Å². The van der Waals surface area contributed by atoms with Crippen molar-refractivity contribution in [1.29, 1.82) is 0 Å². The first kappa shape index (κ1) is 46.5. The van der Waals surface area contributed by atoms with Crippen LogP contribution in [0.5, 0.6) is 0 Å². The van der Waals surface area contributed by atoms with Crippen LogP contribution in [0.25, 0.3) is 0 Å². The van der Waals surface area contributed by atoms with E-state index in [4.69, 9.17) is 14.7 Å². The molecule has 0 aliphatic rings. The number of rotatable bonds is 27. The molecule has 0 aliphatic carbocycles. The second kappa shape index (κ2) is 27.0. The molecule has 0 radical (unpaired) electrons. The van der Waals surface area contributed by atoms with Crippen LogP contribution in [0.2, 0.25) is 0 Å². The van der Waals surface area contributed by atoms with E-state index in [2.05, 4.69) is 57.2 Å². The van der Waals surface area contributed by atoms with Crippen LogP contribution in [0.3, 0.4) is 0 Å². The van der Waals surface area contributed by atoms with Gasteiger partial charge in [-0.1, -0.05) is 20.8 Å². The Morgan fingerprint density at radius 3 is 0.750 bits per heavy atom. The summed E-state index contributed by atoms with van der Waals surface area (Å²) in [5.74, 6) is 0. The van der Waals surface area contributed by atoms with E-state index in [1.54, 1.807) is 0 Å². The van der Waals surface area contributed by atoms with Gasteiger partial charge in [0.1, 0.15) is 0 Å². The zero-order chi connectivity index (χ0) is 37.9. The maximum absolute atomic E-state index is 12.8. The molecule has 294 valence electrons. The van der Waals surface area contributed by atoms with E-state index < -0.39 is 15.7 Å². The average molecular weight is 757 g/mol. The molecule has 3 rings (SSSR count). The molecule has 3 aromatic rings. The van der Waals surface area contributed by atoms with Crippen LogP contribution in [0.1, 0.15) is 172 Å². The van der Waals surface area contributed by atoms with Gasteiger partial charge in [0, 0.05) is 0 Å². The molecule has 3 aromatic carbocycles. The quantitative estimate of drug-likeness (QED) is 0.0394. The van der Waals surface area contributed by atoms with Gasteiger partial charge in [0.25, 0.3) is 0 Å². The van der Waals surface area contributed by atoms with Crippen molar-refractivity contribution < 1.29 is 24.5 Å². The van der Waals surface area contributed by atoms with Crippen molar-refractivity contribution in [2.75, 3.05) is 0 Å². The topological polar surface area (TPSA) is 101 Å². The fraction of sp³-hybridized carbons (Fsp3) is 0.600. The fourth-order valence-corrected chi connectivity index (χ4v) is 10.2. The zero-order valence-electron chi connectivity index (χ0n) is 33.0. The fourth-order valence-electron chi connectivity index (χ4n) is 7.14. The van der Waals surface area contributed by atoms with Crippen molar-refractivity contribution >= 4 is 31.6 Å². The number of benzene rings is 3. The van der Waals surface area contributed by atoms with Crippen LogP contribution in [-0.4, -0.2) is 24.5 Å². The number of unbranched alkanes of at least 4 members (excludes halogenated alkanes) is 18. The molecule has 0 heterocycles. The first-order chi connectivity index (χ1) is 25.1. The molecule has 0 saturated carbocycles. The van der Waals surface area contributed by atoms with Crippen molar-refractivity contribution in [1.82, 2.24) is 0 Å². The normalized spacial score (nSPS) is 12.4. The Hall–Kier alpha value is -1.68. The van der Waals surface area contributed by atoms with Crippen LogP contribution in [0.4, 0.5) is 0 Å². The SMILES string of the molecule is CCCCCCCCCc1ccc(P(O)(O)(c2ccc(CCCCCCCCC)cc2)c2ccc(CCCCCCCCC)cc2)cc1.OP(O)O. The first-order valence-corrected chi connectivity index (χ1v) is 24.2. The van der Waals surface area contributed by atoms with E-state index in [1.807, 2.05) is 36.4 Å². The van der Waals surface area contributed by atoms with Gasteiger partial charge in [-0.05, 0) is 0 Å². The molecule has 0 saturated heterocycles. The molecule has 0 amide bonds. The number of aryl methyl sites for hydroxylation is 3. The summed E-state index contributed by atoms with van der Waals surface area (Å²) in [6, 6.07) is 24.7. The monoisotopic (exact) mass is 757 g/mol. The summed E-state index contributed by atoms with van der Waals surface area (Å²) in [7, 11) is -7.25. The molecule has 5 N–H and O–H groups in total. The van der Waals surface area contributed by atoms with Gasteiger partial charge in [-0.2, -0.15) is 0 Å². The summed E-state index contributed by atoms with van der Waals surface area (Å²) in [6.45, 7) is 6.80. The third kappa shape index (κ3) is 17.2. The van der Waals surface area contributed by atoms with Gasteiger partial charge in [0.05, 0.1) is 0 Å². The van der Waals surface area contributed by atoms with Gasteiger partial charge in [-0.15, -0.1) is 0 Å². The average Bonchev–Trinajstić information content (AvgIpc) is 3.14. The van der Waals surface area contributed by atoms with E-state index >= 15 is 0 Å². The molecule has 0 spiro atoms. The minimum Gasteiger partial charge on any atom is -0.328 e. The van der Waals surface area contributed by atoms with Crippen molar-refractivity contribution in [3.05, 3.63) is 89.5 Å². The Morgan fingerprint density at radius 1 is 0.346 bits per heavy atom. The summed E-state index contributed by atoms with van der Waals surface area (Å²) in [6.07, 6.45) is 30.4. The number of hydrogen-bond acceptors (Lipinski definition) is 5. The van der Waals surface area contributed by atoms with Crippen LogP contribution in [-0.2, 0) is 19.3 Å². The van der Waals surface area contributed by atoms with Crippen molar-refractivity contribution in [2.24, 2.45) is 0 Å². The predicted molar refractivity (Wildman–Crippen MR) is 228 cm³/mol. The second-order valence-corrected chi connectivity index (χ2v) is 19.0. The van der Waals surface area contributed by atoms with Crippen LogP contribution < -0.4 is 15.9 Å². The Balaban J connectivity index is 0.00000222. The van der Waals surface area contributed by atoms with Crippen molar-refractivity contribution in [3.63, 3.8) is 0 Å². The van der Waals surface area contributed by atoms with Gasteiger partial charge in [0.15, 0.2) is 0 Å². The van der Waals surface area contributed by atoms with Gasteiger partial charge >= 0.3 is 285 Å². The predicted octanol–water partition coefficient (Wildman–Crippen LogP) is 11.4. The van der Waals surface area contributed by atoms with Gasteiger partial charge in [-0.25, -0.2) is 0 Å². The third-order valence-electron chi connectivity index (χ3n) is 10.5. The molecular weight excluding hydrogens is 682 g/mol. The molecule has 0 fully saturated rings. The summed E-state index contributed by atoms with van der Waals surface area (Å²) in [5.41, 5.74) is 3.84. The Kier molecular flexibility index (Phi) is 24.1. The molecule has 0 aliphatic heterocycles. The Bertz CT molecular complexity index is 1130. The van der Waals surface area contributed by atoms with Crippen molar-refractivity contribution in [3.8, 4) is 0 Å². The summed E-state index contributed by atoms with van der Waals surface area (Å²) in [5, 5.41) is 1.89. The summed E-state index contributed by atoms with van der Waals surface area (Å²) < 4.78 is 0. The molecule has 52 heavy (non-hydrogen) atoms. The maximum atomic E-state index is 12.8. The van der Waals surface area contributed by atoms with Gasteiger partial charge in [-0.3, -0.25) is 0 Å². The smallest absolute Gasteiger partial charge is 0.324 e. The zero-order valence-corrected chi connectivity index (χ0v) is 34.8. The standard InChI is InChI=1S/C45H71O2P.H3O3P/c1-4-7-10-13-16-19-22-25-40-28-34-43(35-29-40)48(46,47,44-36-30-41(31-37-44)26-23-20-17-14-11-8-5-2)45-38-32-42(33-39-45)27-24-21-18-15-12-9-6-3;1-4(2)3/h28-39,46-47H,4-27H2,1-3H3;1-3H. The molecule has 0 unspecified atom stereocenters. The molecule has 7 heteroatoms. The largest absolute Gasteiger partial charge is 0.328 e. The minimum absolute atomic E-state index is 0.629. The minimum atomic E-state index is -4.63.